The fourth-order valence-electron chi connectivity index (χ4n) is 1.80. The van der Waals surface area contributed by atoms with Crippen LogP contribution in [0.1, 0.15) is 10.4 Å². The van der Waals surface area contributed by atoms with Gasteiger partial charge >= 0.3 is 0 Å². The fraction of sp³-hybridized carbons (Fsp3) is 0.0769. The minimum atomic E-state index is -0.338. The van der Waals surface area contributed by atoms with E-state index in [-0.39, 0.29) is 18.5 Å². The van der Waals surface area contributed by atoms with Crippen molar-refractivity contribution in [2.75, 3.05) is 17.8 Å². The van der Waals surface area contributed by atoms with Gasteiger partial charge in [-0.05, 0) is 34.1 Å². The second-order valence-corrected chi connectivity index (χ2v) is 5.02. The van der Waals surface area contributed by atoms with E-state index in [1.165, 1.54) is 6.20 Å². The van der Waals surface area contributed by atoms with Crippen LogP contribution in [0.25, 0.3) is 0 Å². The quantitative estimate of drug-likeness (QED) is 0.879. The highest BCUT2D eigenvalue weighted by molar-refractivity contribution is 9.10. The van der Waals surface area contributed by atoms with Crippen molar-refractivity contribution in [3.8, 4) is 11.5 Å². The van der Waals surface area contributed by atoms with Crippen molar-refractivity contribution in [1.29, 1.82) is 0 Å². The van der Waals surface area contributed by atoms with Crippen molar-refractivity contribution in [3.05, 3.63) is 40.5 Å². The van der Waals surface area contributed by atoms with Gasteiger partial charge < -0.3 is 20.5 Å². The molecule has 0 saturated carbocycles. The second-order valence-electron chi connectivity index (χ2n) is 4.11. The van der Waals surface area contributed by atoms with Gasteiger partial charge in [-0.1, -0.05) is 0 Å². The molecule has 3 rings (SSSR count). The lowest BCUT2D eigenvalue weighted by Crippen LogP contribution is -2.14. The molecular formula is C13H10BrN3O3. The number of rotatable bonds is 2. The summed E-state index contributed by atoms with van der Waals surface area (Å²) < 4.78 is 11.1. The Balaban J connectivity index is 1.84. The molecule has 102 valence electrons. The lowest BCUT2D eigenvalue weighted by atomic mass is 10.2. The van der Waals surface area contributed by atoms with E-state index in [1.54, 1.807) is 24.3 Å². The zero-order valence-electron chi connectivity index (χ0n) is 10.2. The largest absolute Gasteiger partial charge is 0.454 e. The van der Waals surface area contributed by atoms with Gasteiger partial charge in [0.25, 0.3) is 5.91 Å². The Morgan fingerprint density at radius 1 is 1.30 bits per heavy atom. The first-order valence-corrected chi connectivity index (χ1v) is 6.55. The number of hydrogen-bond acceptors (Lipinski definition) is 5. The lowest BCUT2D eigenvalue weighted by molar-refractivity contribution is 0.102. The SMILES string of the molecule is Nc1ncc(Br)cc1C(=O)Nc1ccc2c(c1)OCO2. The minimum absolute atomic E-state index is 0.173. The Labute approximate surface area is 123 Å². The Kier molecular flexibility index (Phi) is 3.19. The number of amides is 1. The predicted molar refractivity (Wildman–Crippen MR) is 76.9 cm³/mol. The van der Waals surface area contributed by atoms with Crippen LogP contribution in [0.15, 0.2) is 34.9 Å². The van der Waals surface area contributed by atoms with Crippen LogP contribution in [-0.2, 0) is 0 Å². The van der Waals surface area contributed by atoms with Crippen LogP contribution in [0.3, 0.4) is 0 Å². The van der Waals surface area contributed by atoms with E-state index in [9.17, 15) is 4.79 Å². The summed E-state index contributed by atoms with van der Waals surface area (Å²) >= 11 is 3.26. The highest BCUT2D eigenvalue weighted by Crippen LogP contribution is 2.34. The zero-order valence-corrected chi connectivity index (χ0v) is 11.8. The number of nitrogen functional groups attached to an aromatic ring is 1. The average Bonchev–Trinajstić information content (AvgIpc) is 2.89. The molecule has 1 aromatic carbocycles. The molecule has 20 heavy (non-hydrogen) atoms. The van der Waals surface area contributed by atoms with E-state index in [2.05, 4.69) is 26.2 Å². The van der Waals surface area contributed by atoms with Gasteiger partial charge in [-0.15, -0.1) is 0 Å². The molecule has 1 amide bonds. The van der Waals surface area contributed by atoms with Crippen LogP contribution in [0.5, 0.6) is 11.5 Å². The maximum Gasteiger partial charge on any atom is 0.259 e. The van der Waals surface area contributed by atoms with Crippen molar-refractivity contribution >= 4 is 33.3 Å². The van der Waals surface area contributed by atoms with Crippen molar-refractivity contribution in [1.82, 2.24) is 4.98 Å². The molecule has 0 fully saturated rings. The van der Waals surface area contributed by atoms with Crippen molar-refractivity contribution < 1.29 is 14.3 Å². The van der Waals surface area contributed by atoms with Crippen LogP contribution in [0, 0.1) is 0 Å². The van der Waals surface area contributed by atoms with Gasteiger partial charge in [-0.3, -0.25) is 4.79 Å². The fourth-order valence-corrected chi connectivity index (χ4v) is 2.14. The summed E-state index contributed by atoms with van der Waals surface area (Å²) in [6, 6.07) is 6.78. The van der Waals surface area contributed by atoms with Crippen LogP contribution in [-0.4, -0.2) is 17.7 Å². The Bertz CT molecular complexity index is 691. The van der Waals surface area contributed by atoms with E-state index in [1.807, 2.05) is 0 Å². The molecule has 1 aliphatic rings. The third kappa shape index (κ3) is 2.39. The number of ether oxygens (including phenoxy) is 2. The highest BCUT2D eigenvalue weighted by atomic mass is 79.9. The minimum Gasteiger partial charge on any atom is -0.454 e. The number of hydrogen-bond donors (Lipinski definition) is 2. The number of pyridine rings is 1. The number of nitrogens with zero attached hydrogens (tertiary/aromatic N) is 1. The summed E-state index contributed by atoms with van der Waals surface area (Å²) in [4.78, 5) is 16.1. The van der Waals surface area contributed by atoms with Crippen molar-refractivity contribution in [2.45, 2.75) is 0 Å². The van der Waals surface area contributed by atoms with Crippen LogP contribution < -0.4 is 20.5 Å². The first kappa shape index (κ1) is 12.7. The molecule has 2 heterocycles. The van der Waals surface area contributed by atoms with Gasteiger partial charge in [-0.2, -0.15) is 0 Å². The summed E-state index contributed by atoms with van der Waals surface area (Å²) in [5.41, 5.74) is 6.60. The molecule has 0 spiro atoms. The molecule has 0 bridgehead atoms. The number of nitrogens with one attached hydrogen (secondary N) is 1. The molecule has 6 nitrogen and oxygen atoms in total. The van der Waals surface area contributed by atoms with Gasteiger partial charge in [0.1, 0.15) is 5.82 Å². The van der Waals surface area contributed by atoms with E-state index < -0.39 is 0 Å². The normalized spacial score (nSPS) is 12.2. The molecule has 0 saturated heterocycles. The molecule has 0 atom stereocenters. The summed E-state index contributed by atoms with van der Waals surface area (Å²) in [7, 11) is 0. The van der Waals surface area contributed by atoms with Crippen molar-refractivity contribution in [2.24, 2.45) is 0 Å². The van der Waals surface area contributed by atoms with Crippen LogP contribution in [0.4, 0.5) is 11.5 Å². The zero-order chi connectivity index (χ0) is 14.1. The molecule has 0 radical (unpaired) electrons. The number of benzene rings is 1. The third-order valence-corrected chi connectivity index (χ3v) is 3.19. The van der Waals surface area contributed by atoms with E-state index in [4.69, 9.17) is 15.2 Å². The van der Waals surface area contributed by atoms with Gasteiger partial charge in [0, 0.05) is 22.4 Å². The summed E-state index contributed by atoms with van der Waals surface area (Å²) in [6.45, 7) is 0.190. The molecule has 7 heteroatoms. The maximum absolute atomic E-state index is 12.2. The first-order chi connectivity index (χ1) is 9.63. The first-order valence-electron chi connectivity index (χ1n) is 5.75. The second kappa shape index (κ2) is 5.01. The van der Waals surface area contributed by atoms with E-state index >= 15 is 0 Å². The smallest absolute Gasteiger partial charge is 0.259 e. The Morgan fingerprint density at radius 2 is 2.10 bits per heavy atom. The highest BCUT2D eigenvalue weighted by Gasteiger charge is 2.16. The lowest BCUT2D eigenvalue weighted by Gasteiger charge is -2.08. The number of anilines is 2. The van der Waals surface area contributed by atoms with Crippen LogP contribution in [0.2, 0.25) is 0 Å². The number of carbonyl (C=O) groups is 1. The molecule has 1 aromatic heterocycles. The Hall–Kier alpha value is -2.28. The van der Waals surface area contributed by atoms with Crippen molar-refractivity contribution in [3.63, 3.8) is 0 Å². The van der Waals surface area contributed by atoms with Crippen LogP contribution >= 0.6 is 15.9 Å². The number of aromatic nitrogens is 1. The van der Waals surface area contributed by atoms with Gasteiger partial charge in [-0.25, -0.2) is 4.98 Å². The molecule has 1 aliphatic heterocycles. The number of nitrogens with two attached hydrogens (primary N) is 1. The standard InChI is InChI=1S/C13H10BrN3O3/c14-7-3-9(12(15)16-5-7)13(18)17-8-1-2-10-11(4-8)20-6-19-10/h1-5H,6H2,(H2,15,16)(H,17,18). The topological polar surface area (TPSA) is 86.5 Å². The summed E-state index contributed by atoms with van der Waals surface area (Å²) in [6.07, 6.45) is 1.53. The Morgan fingerprint density at radius 3 is 2.95 bits per heavy atom. The number of fused-ring (bicyclic) bond motifs is 1. The van der Waals surface area contributed by atoms with E-state index in [0.29, 0.717) is 27.2 Å². The molecule has 0 aliphatic carbocycles. The molecule has 2 aromatic rings. The predicted octanol–water partition coefficient (Wildman–Crippen LogP) is 2.41. The van der Waals surface area contributed by atoms with Gasteiger partial charge in [0.2, 0.25) is 6.79 Å². The number of carbonyl (C=O) groups excluding carboxylic acids is 1. The van der Waals surface area contributed by atoms with Gasteiger partial charge in [0.05, 0.1) is 5.56 Å². The average molecular weight is 336 g/mol. The maximum atomic E-state index is 12.2. The molecular weight excluding hydrogens is 326 g/mol. The summed E-state index contributed by atoms with van der Waals surface area (Å²) in [5, 5.41) is 2.74. The molecule has 0 unspecified atom stereocenters. The summed E-state index contributed by atoms with van der Waals surface area (Å²) in [5.74, 6) is 1.09. The monoisotopic (exact) mass is 335 g/mol. The molecule has 3 N–H and O–H groups in total. The van der Waals surface area contributed by atoms with E-state index in [0.717, 1.165) is 0 Å². The third-order valence-electron chi connectivity index (χ3n) is 2.76. The van der Waals surface area contributed by atoms with Gasteiger partial charge in [0.15, 0.2) is 11.5 Å². The number of halogens is 1.